The zero-order chi connectivity index (χ0) is 19.3. The molecule has 4 aliphatic rings. The van der Waals surface area contributed by atoms with Crippen molar-refractivity contribution in [3.8, 4) is 0 Å². The summed E-state index contributed by atoms with van der Waals surface area (Å²) in [6.07, 6.45) is 3.17. The molecule has 3 N–H and O–H groups in total. The van der Waals surface area contributed by atoms with Crippen molar-refractivity contribution in [1.29, 1.82) is 0 Å². The van der Waals surface area contributed by atoms with Gasteiger partial charge in [0.05, 0.1) is 0 Å². The summed E-state index contributed by atoms with van der Waals surface area (Å²) >= 11 is 0. The number of amides is 3. The van der Waals surface area contributed by atoms with Gasteiger partial charge >= 0.3 is 0 Å². The molecule has 7 heteroatoms. The minimum Gasteiger partial charge on any atom is -0.322 e. The molecule has 3 unspecified atom stereocenters. The lowest BCUT2D eigenvalue weighted by Crippen LogP contribution is -2.52. The number of hydrogen-bond donors (Lipinski definition) is 3. The van der Waals surface area contributed by atoms with Gasteiger partial charge in [0, 0.05) is 31.1 Å². The predicted molar refractivity (Wildman–Crippen MR) is 102 cm³/mol. The van der Waals surface area contributed by atoms with Crippen molar-refractivity contribution in [3.63, 3.8) is 0 Å². The first kappa shape index (κ1) is 17.8. The molecule has 0 spiro atoms. The van der Waals surface area contributed by atoms with Crippen LogP contribution >= 0.6 is 0 Å². The number of piperidine rings is 1. The van der Waals surface area contributed by atoms with E-state index < -0.39 is 6.04 Å². The number of hydrogen-bond acceptors (Lipinski definition) is 5. The van der Waals surface area contributed by atoms with E-state index in [1.165, 1.54) is 12.8 Å². The van der Waals surface area contributed by atoms with Crippen molar-refractivity contribution in [2.24, 2.45) is 11.8 Å². The summed E-state index contributed by atoms with van der Waals surface area (Å²) in [5, 5.41) is 9.48. The Bertz CT molecular complexity index is 827. The van der Waals surface area contributed by atoms with Crippen molar-refractivity contribution < 1.29 is 14.4 Å². The molecule has 1 saturated carbocycles. The lowest BCUT2D eigenvalue weighted by atomic mass is 10.0. The highest BCUT2D eigenvalue weighted by Gasteiger charge is 2.49. The molecule has 5 rings (SSSR count). The van der Waals surface area contributed by atoms with E-state index >= 15 is 0 Å². The average molecular weight is 382 g/mol. The standard InChI is InChI=1S/C21H26N4O3/c26-18-4-3-17(20(27)24-18)25-11-13-2-1-12(9-16(13)21(25)28)10-23-19-14-5-7-22-8-6-15(14)19/h1-2,9,14-15,17,19,22-23H,3-8,10-11H2,(H,24,26,27). The number of fused-ring (bicyclic) bond motifs is 2. The molecule has 28 heavy (non-hydrogen) atoms. The van der Waals surface area contributed by atoms with Crippen LogP contribution in [0.2, 0.25) is 0 Å². The Kier molecular flexibility index (Phi) is 4.44. The van der Waals surface area contributed by atoms with Gasteiger partial charge in [-0.3, -0.25) is 19.7 Å². The van der Waals surface area contributed by atoms with Gasteiger partial charge in [-0.1, -0.05) is 12.1 Å². The number of benzene rings is 1. The SMILES string of the molecule is O=C1CCC(N2Cc3ccc(CNC4C5CCNCCC54)cc3C2=O)C(=O)N1. The van der Waals surface area contributed by atoms with Gasteiger partial charge in [0.1, 0.15) is 6.04 Å². The second kappa shape index (κ2) is 6.97. The summed E-state index contributed by atoms with van der Waals surface area (Å²) in [7, 11) is 0. The van der Waals surface area contributed by atoms with Crippen LogP contribution in [0.25, 0.3) is 0 Å². The first-order chi connectivity index (χ1) is 13.6. The van der Waals surface area contributed by atoms with Crippen molar-refractivity contribution in [2.75, 3.05) is 13.1 Å². The largest absolute Gasteiger partial charge is 0.322 e. The van der Waals surface area contributed by atoms with E-state index in [0.717, 1.165) is 42.6 Å². The van der Waals surface area contributed by atoms with E-state index in [1.807, 2.05) is 12.1 Å². The van der Waals surface area contributed by atoms with E-state index in [9.17, 15) is 14.4 Å². The maximum atomic E-state index is 12.9. The first-order valence-electron chi connectivity index (χ1n) is 10.3. The van der Waals surface area contributed by atoms with Crippen LogP contribution in [-0.4, -0.2) is 47.8 Å². The highest BCUT2D eigenvalue weighted by molar-refractivity contribution is 6.05. The maximum Gasteiger partial charge on any atom is 0.255 e. The van der Waals surface area contributed by atoms with Crippen molar-refractivity contribution in [1.82, 2.24) is 20.9 Å². The summed E-state index contributed by atoms with van der Waals surface area (Å²) in [6.45, 7) is 3.43. The average Bonchev–Trinajstić information content (AvgIpc) is 3.32. The topological polar surface area (TPSA) is 90.5 Å². The Balaban J connectivity index is 1.24. The molecule has 3 atom stereocenters. The van der Waals surface area contributed by atoms with Crippen molar-refractivity contribution in [2.45, 2.75) is 50.9 Å². The summed E-state index contributed by atoms with van der Waals surface area (Å²) in [4.78, 5) is 38.0. The third-order valence-corrected chi connectivity index (χ3v) is 6.77. The highest BCUT2D eigenvalue weighted by atomic mass is 16.2. The van der Waals surface area contributed by atoms with Gasteiger partial charge in [-0.05, 0) is 61.4 Å². The zero-order valence-electron chi connectivity index (χ0n) is 15.9. The molecule has 0 bridgehead atoms. The number of nitrogens with zero attached hydrogens (tertiary/aromatic N) is 1. The third-order valence-electron chi connectivity index (χ3n) is 6.77. The van der Waals surface area contributed by atoms with Crippen molar-refractivity contribution in [3.05, 3.63) is 34.9 Å². The summed E-state index contributed by atoms with van der Waals surface area (Å²) in [5.74, 6) is 0.851. The molecule has 1 aromatic carbocycles. The normalized spacial score (nSPS) is 31.9. The third kappa shape index (κ3) is 3.12. The molecule has 2 saturated heterocycles. The Hall–Kier alpha value is -2.25. The first-order valence-corrected chi connectivity index (χ1v) is 10.3. The lowest BCUT2D eigenvalue weighted by Gasteiger charge is -2.29. The molecule has 7 nitrogen and oxygen atoms in total. The minimum atomic E-state index is -0.550. The molecule has 1 aliphatic carbocycles. The van der Waals surface area contributed by atoms with Gasteiger partial charge in [0.2, 0.25) is 11.8 Å². The fraction of sp³-hybridized carbons (Fsp3) is 0.571. The van der Waals surface area contributed by atoms with Crippen LogP contribution in [0.4, 0.5) is 0 Å². The van der Waals surface area contributed by atoms with Gasteiger partial charge in [0.15, 0.2) is 0 Å². The van der Waals surface area contributed by atoms with E-state index in [0.29, 0.717) is 24.6 Å². The van der Waals surface area contributed by atoms with Crippen molar-refractivity contribution >= 4 is 17.7 Å². The Morgan fingerprint density at radius 3 is 2.61 bits per heavy atom. The quantitative estimate of drug-likeness (QED) is 0.661. The van der Waals surface area contributed by atoms with Crippen LogP contribution in [-0.2, 0) is 22.7 Å². The van der Waals surface area contributed by atoms with Gasteiger partial charge in [-0.15, -0.1) is 0 Å². The van der Waals surface area contributed by atoms with Crippen LogP contribution < -0.4 is 16.0 Å². The molecule has 3 fully saturated rings. The monoisotopic (exact) mass is 382 g/mol. The molecule has 0 aromatic heterocycles. The molecule has 0 radical (unpaired) electrons. The molecule has 3 aliphatic heterocycles. The predicted octanol–water partition coefficient (Wildman–Crippen LogP) is 0.535. The van der Waals surface area contributed by atoms with Crippen LogP contribution in [0, 0.1) is 11.8 Å². The number of nitrogens with one attached hydrogen (secondary N) is 3. The minimum absolute atomic E-state index is 0.103. The number of imide groups is 1. The van der Waals surface area contributed by atoms with E-state index in [-0.39, 0.29) is 24.1 Å². The van der Waals surface area contributed by atoms with E-state index in [1.54, 1.807) is 4.90 Å². The highest BCUT2D eigenvalue weighted by Crippen LogP contribution is 2.45. The van der Waals surface area contributed by atoms with E-state index in [2.05, 4.69) is 22.0 Å². The van der Waals surface area contributed by atoms with Crippen LogP contribution in [0.15, 0.2) is 18.2 Å². The Morgan fingerprint density at radius 1 is 1.07 bits per heavy atom. The summed E-state index contributed by atoms with van der Waals surface area (Å²) < 4.78 is 0. The second-order valence-electron chi connectivity index (χ2n) is 8.45. The van der Waals surface area contributed by atoms with Crippen LogP contribution in [0.3, 0.4) is 0 Å². The fourth-order valence-electron chi connectivity index (χ4n) is 5.14. The fourth-order valence-corrected chi connectivity index (χ4v) is 5.14. The lowest BCUT2D eigenvalue weighted by molar-refractivity contribution is -0.136. The zero-order valence-corrected chi connectivity index (χ0v) is 15.9. The molecule has 3 heterocycles. The smallest absolute Gasteiger partial charge is 0.255 e. The van der Waals surface area contributed by atoms with Crippen LogP contribution in [0.1, 0.15) is 47.2 Å². The van der Waals surface area contributed by atoms with Gasteiger partial charge in [-0.25, -0.2) is 0 Å². The Labute approximate surface area is 164 Å². The summed E-state index contributed by atoms with van der Waals surface area (Å²) in [6, 6.07) is 6.10. The van der Waals surface area contributed by atoms with E-state index in [4.69, 9.17) is 0 Å². The van der Waals surface area contributed by atoms with Gasteiger partial charge in [-0.2, -0.15) is 0 Å². The second-order valence-corrected chi connectivity index (χ2v) is 8.45. The maximum absolute atomic E-state index is 12.9. The molecule has 1 aromatic rings. The van der Waals surface area contributed by atoms with Crippen LogP contribution in [0.5, 0.6) is 0 Å². The molecular weight excluding hydrogens is 356 g/mol. The summed E-state index contributed by atoms with van der Waals surface area (Å²) in [5.41, 5.74) is 2.76. The Morgan fingerprint density at radius 2 is 1.86 bits per heavy atom. The van der Waals surface area contributed by atoms with Gasteiger partial charge in [0.25, 0.3) is 5.91 Å². The molecule has 148 valence electrons. The molecular formula is C21H26N4O3. The number of rotatable bonds is 4. The van der Waals surface area contributed by atoms with Gasteiger partial charge < -0.3 is 15.5 Å². The number of carbonyl (C=O) groups excluding carboxylic acids is 3. The molecule has 3 amide bonds. The number of carbonyl (C=O) groups is 3.